The molecule has 45 heavy (non-hydrogen) atoms. The third-order valence-corrected chi connectivity index (χ3v) is 10.7. The summed E-state index contributed by atoms with van der Waals surface area (Å²) in [7, 11) is 2.02. The second-order valence-electron chi connectivity index (χ2n) is 13.5. The van der Waals surface area contributed by atoms with E-state index in [1.807, 2.05) is 7.05 Å². The molecule has 242 valence electrons. The van der Waals surface area contributed by atoms with Crippen LogP contribution >= 0.6 is 11.6 Å². The molecule has 0 bridgehead atoms. The molecule has 2 heterocycles. The van der Waals surface area contributed by atoms with Crippen molar-refractivity contribution in [3.05, 3.63) is 46.9 Å². The molecule has 3 aliphatic carbocycles. The van der Waals surface area contributed by atoms with Crippen molar-refractivity contribution in [2.45, 2.75) is 82.2 Å². The molecule has 1 spiro atoms. The molecule has 1 aliphatic heterocycles. The van der Waals surface area contributed by atoms with Crippen molar-refractivity contribution in [2.24, 2.45) is 11.3 Å². The first-order valence-corrected chi connectivity index (χ1v) is 16.6. The minimum atomic E-state index is -0.775. The van der Waals surface area contributed by atoms with Crippen molar-refractivity contribution < 1.29 is 18.8 Å². The zero-order valence-corrected chi connectivity index (χ0v) is 26.8. The van der Waals surface area contributed by atoms with Gasteiger partial charge in [0.2, 0.25) is 17.7 Å². The third kappa shape index (κ3) is 6.94. The number of benzene rings is 1. The summed E-state index contributed by atoms with van der Waals surface area (Å²) in [5.74, 6) is -0.739. The fourth-order valence-corrected chi connectivity index (χ4v) is 7.39. The number of aromatic nitrogens is 2. The highest BCUT2D eigenvalue weighted by Gasteiger charge is 2.55. The molecule has 0 unspecified atom stereocenters. The van der Waals surface area contributed by atoms with Gasteiger partial charge < -0.3 is 25.8 Å². The van der Waals surface area contributed by atoms with Gasteiger partial charge in [0.25, 0.3) is 0 Å². The van der Waals surface area contributed by atoms with E-state index in [1.165, 1.54) is 25.3 Å². The Labute approximate surface area is 268 Å². The van der Waals surface area contributed by atoms with Crippen molar-refractivity contribution >= 4 is 40.8 Å². The van der Waals surface area contributed by atoms with Crippen LogP contribution in [-0.2, 0) is 19.8 Å². The van der Waals surface area contributed by atoms with Gasteiger partial charge in [-0.15, -0.1) is 10.2 Å². The maximum Gasteiger partial charge on any atom is 0.247 e. The lowest BCUT2D eigenvalue weighted by Gasteiger charge is -2.37. The summed E-state index contributed by atoms with van der Waals surface area (Å²) < 4.78 is 15.8. The van der Waals surface area contributed by atoms with E-state index in [2.05, 4.69) is 31.0 Å². The third-order valence-electron chi connectivity index (χ3n) is 10.5. The van der Waals surface area contributed by atoms with Gasteiger partial charge in [-0.3, -0.25) is 14.4 Å². The van der Waals surface area contributed by atoms with Gasteiger partial charge >= 0.3 is 0 Å². The Morgan fingerprint density at radius 3 is 2.42 bits per heavy atom. The predicted molar refractivity (Wildman–Crippen MR) is 170 cm³/mol. The van der Waals surface area contributed by atoms with Crippen LogP contribution in [0.5, 0.6) is 0 Å². The molecule has 3 saturated carbocycles. The molecule has 2 aromatic rings. The quantitative estimate of drug-likeness (QED) is 0.353. The fraction of sp³-hybridized carbons (Fsp3) is 0.606. The number of amides is 3. The van der Waals surface area contributed by atoms with Crippen LogP contribution in [0.25, 0.3) is 0 Å². The first-order chi connectivity index (χ1) is 21.6. The van der Waals surface area contributed by atoms with Crippen molar-refractivity contribution in [1.29, 1.82) is 0 Å². The molecule has 1 aromatic heterocycles. The Bertz CT molecular complexity index is 1420. The van der Waals surface area contributed by atoms with Crippen LogP contribution in [0.1, 0.15) is 70.3 Å². The second kappa shape index (κ2) is 12.8. The van der Waals surface area contributed by atoms with Gasteiger partial charge in [-0.25, -0.2) is 4.39 Å². The molecule has 1 saturated heterocycles. The minimum Gasteiger partial charge on any atom is -0.357 e. The molecular weight excluding hydrogens is 597 g/mol. The Hall–Kier alpha value is -3.31. The molecule has 3 amide bonds. The van der Waals surface area contributed by atoms with Crippen molar-refractivity contribution in [3.8, 4) is 0 Å². The van der Waals surface area contributed by atoms with E-state index in [0.29, 0.717) is 42.7 Å². The number of carbonyl (C=O) groups excluding carboxylic acids is 3. The molecule has 3 atom stereocenters. The maximum atomic E-state index is 15.8. The predicted octanol–water partition coefficient (Wildman–Crippen LogP) is 4.36. The summed E-state index contributed by atoms with van der Waals surface area (Å²) in [6.07, 6.45) is 8.01. The minimum absolute atomic E-state index is 0.0688. The zero-order valence-electron chi connectivity index (χ0n) is 26.1. The number of anilines is 2. The van der Waals surface area contributed by atoms with Gasteiger partial charge in [0.05, 0.1) is 5.69 Å². The van der Waals surface area contributed by atoms with E-state index in [1.54, 1.807) is 36.1 Å². The Balaban J connectivity index is 1.21. The summed E-state index contributed by atoms with van der Waals surface area (Å²) >= 11 is 5.93. The van der Waals surface area contributed by atoms with Gasteiger partial charge in [-0.1, -0.05) is 31.0 Å². The number of rotatable bonds is 10. The molecule has 3 N–H and O–H groups in total. The van der Waals surface area contributed by atoms with E-state index in [-0.39, 0.29) is 40.9 Å². The summed E-state index contributed by atoms with van der Waals surface area (Å²) in [6, 6.07) is 6.67. The Morgan fingerprint density at radius 1 is 1.04 bits per heavy atom. The van der Waals surface area contributed by atoms with Crippen LogP contribution in [-0.4, -0.2) is 83.0 Å². The van der Waals surface area contributed by atoms with Gasteiger partial charge in [0.1, 0.15) is 23.7 Å². The smallest absolute Gasteiger partial charge is 0.247 e. The first-order valence-electron chi connectivity index (χ1n) is 16.2. The van der Waals surface area contributed by atoms with Crippen LogP contribution in [0.4, 0.5) is 15.9 Å². The number of likely N-dealkylation sites (N-methyl/N-ethyl adjacent to an activating group) is 1. The van der Waals surface area contributed by atoms with E-state index in [9.17, 15) is 14.4 Å². The van der Waals surface area contributed by atoms with E-state index < -0.39 is 23.3 Å². The summed E-state index contributed by atoms with van der Waals surface area (Å²) in [6.45, 7) is 4.45. The first kappa shape index (κ1) is 31.7. The molecular formula is C33H43ClFN7O3. The van der Waals surface area contributed by atoms with Crippen LogP contribution in [0.15, 0.2) is 30.3 Å². The fourth-order valence-electron chi connectivity index (χ4n) is 7.29. The standard InChI is InChI=1S/C33H43ClFN7O3/c1-3-27(43)38-29(31(45)42-17-15-41(2)16-18-42)33(13-14-33)22-6-7-24(23(35)19-22)36-30(44)28(37-26-9-8-25(34)39-40-26)21-5-4-10-32(20-21)11-12-32/h6-9,19,21,28-29H,3-5,10-18,20H2,1-2H3,(H,36,44)(H,37,40)(H,38,43)/t21-,28-,29-/m0/s1. The molecule has 4 fully saturated rings. The van der Waals surface area contributed by atoms with Gasteiger partial charge in [-0.2, -0.15) is 0 Å². The SMILES string of the molecule is CCC(=O)N[C@@H](C(=O)N1CCN(C)CC1)C1(c2ccc(NC(=O)[C@@H](Nc3ccc(Cl)nn3)[C@H]3CCCC4(CC4)C3)c(F)c2)CC1. The highest BCUT2D eigenvalue weighted by atomic mass is 35.5. The molecule has 10 nitrogen and oxygen atoms in total. The monoisotopic (exact) mass is 639 g/mol. The van der Waals surface area contributed by atoms with Gasteiger partial charge in [0.15, 0.2) is 5.15 Å². The van der Waals surface area contributed by atoms with Crippen molar-refractivity contribution in [1.82, 2.24) is 25.3 Å². The Kier molecular flexibility index (Phi) is 9.03. The average molecular weight is 640 g/mol. The number of hydrogen-bond donors (Lipinski definition) is 3. The van der Waals surface area contributed by atoms with Crippen LogP contribution < -0.4 is 16.0 Å². The normalized spacial score (nSPS) is 23.1. The molecule has 0 radical (unpaired) electrons. The molecule has 6 rings (SSSR count). The number of halogens is 2. The summed E-state index contributed by atoms with van der Waals surface area (Å²) in [5.41, 5.74) is 0.360. The topological polar surface area (TPSA) is 120 Å². The van der Waals surface area contributed by atoms with Crippen LogP contribution in [0.2, 0.25) is 5.15 Å². The summed E-state index contributed by atoms with van der Waals surface area (Å²) in [5, 5.41) is 17.3. The molecule has 12 heteroatoms. The van der Waals surface area contributed by atoms with Crippen molar-refractivity contribution in [3.63, 3.8) is 0 Å². The highest BCUT2D eigenvalue weighted by Crippen LogP contribution is 2.58. The lowest BCUT2D eigenvalue weighted by molar-refractivity contribution is -0.138. The number of nitrogens with one attached hydrogen (secondary N) is 3. The number of piperazine rings is 1. The maximum absolute atomic E-state index is 15.8. The number of hydrogen-bond acceptors (Lipinski definition) is 7. The van der Waals surface area contributed by atoms with E-state index in [0.717, 1.165) is 32.4 Å². The molecule has 1 aromatic carbocycles. The Morgan fingerprint density at radius 2 is 1.80 bits per heavy atom. The van der Waals surface area contributed by atoms with E-state index >= 15 is 4.39 Å². The zero-order chi connectivity index (χ0) is 31.8. The highest BCUT2D eigenvalue weighted by molar-refractivity contribution is 6.29. The lowest BCUT2D eigenvalue weighted by Crippen LogP contribution is -2.58. The summed E-state index contributed by atoms with van der Waals surface area (Å²) in [4.78, 5) is 44.1. The number of carbonyl (C=O) groups is 3. The van der Waals surface area contributed by atoms with Gasteiger partial charge in [0, 0.05) is 38.0 Å². The van der Waals surface area contributed by atoms with Crippen LogP contribution in [0.3, 0.4) is 0 Å². The molecule has 4 aliphatic rings. The van der Waals surface area contributed by atoms with E-state index in [4.69, 9.17) is 11.6 Å². The lowest BCUT2D eigenvalue weighted by atomic mass is 9.75. The largest absolute Gasteiger partial charge is 0.357 e. The number of nitrogens with zero attached hydrogens (tertiary/aromatic N) is 4. The average Bonchev–Trinajstić information content (AvgIpc) is 3.98. The van der Waals surface area contributed by atoms with Gasteiger partial charge in [-0.05, 0) is 93.2 Å². The van der Waals surface area contributed by atoms with Crippen molar-refractivity contribution in [2.75, 3.05) is 43.9 Å². The second-order valence-corrected chi connectivity index (χ2v) is 13.9. The van der Waals surface area contributed by atoms with Crippen LogP contribution in [0, 0.1) is 17.2 Å².